The molecule has 1 fully saturated rings. The van der Waals surface area contributed by atoms with Gasteiger partial charge in [-0.15, -0.1) is 0 Å². The minimum absolute atomic E-state index is 0.138. The van der Waals surface area contributed by atoms with Crippen molar-refractivity contribution in [3.63, 3.8) is 0 Å². The lowest BCUT2D eigenvalue weighted by molar-refractivity contribution is -0.107. The van der Waals surface area contributed by atoms with Gasteiger partial charge in [-0.25, -0.2) is 4.98 Å². The van der Waals surface area contributed by atoms with Crippen molar-refractivity contribution in [1.29, 1.82) is 0 Å². The Labute approximate surface area is 184 Å². The summed E-state index contributed by atoms with van der Waals surface area (Å²) in [6, 6.07) is 8.64. The van der Waals surface area contributed by atoms with Crippen LogP contribution in [0, 0.1) is 0 Å². The quantitative estimate of drug-likeness (QED) is 0.412. The molecule has 31 heavy (non-hydrogen) atoms. The van der Waals surface area contributed by atoms with Gasteiger partial charge in [0.2, 0.25) is 6.41 Å². The van der Waals surface area contributed by atoms with E-state index in [0.29, 0.717) is 31.3 Å². The Morgan fingerprint density at radius 3 is 2.52 bits per heavy atom. The number of nitrogens with one attached hydrogen (secondary N) is 1. The van der Waals surface area contributed by atoms with E-state index in [4.69, 9.17) is 9.47 Å². The van der Waals surface area contributed by atoms with E-state index in [2.05, 4.69) is 44.5 Å². The first-order valence-corrected chi connectivity index (χ1v) is 10.9. The Balaban J connectivity index is 1.65. The first-order valence-electron chi connectivity index (χ1n) is 10.9. The van der Waals surface area contributed by atoms with Gasteiger partial charge in [-0.05, 0) is 50.9 Å². The molecule has 1 aliphatic rings. The summed E-state index contributed by atoms with van der Waals surface area (Å²) < 4.78 is 11.1. The third kappa shape index (κ3) is 6.90. The summed E-state index contributed by atoms with van der Waals surface area (Å²) in [5.74, 6) is 0.480. The Hall–Kier alpha value is -2.71. The molecule has 1 aromatic heterocycles. The molecule has 2 aromatic rings. The number of rotatable bonds is 12. The normalized spacial score (nSPS) is 14.1. The van der Waals surface area contributed by atoms with E-state index in [1.54, 1.807) is 18.1 Å². The molecule has 3 rings (SSSR count). The van der Waals surface area contributed by atoms with Gasteiger partial charge in [-0.3, -0.25) is 14.6 Å². The molecule has 1 saturated heterocycles. The average molecular weight is 428 g/mol. The van der Waals surface area contributed by atoms with E-state index in [-0.39, 0.29) is 12.1 Å². The van der Waals surface area contributed by atoms with E-state index < -0.39 is 0 Å². The van der Waals surface area contributed by atoms with Gasteiger partial charge in [0.15, 0.2) is 5.82 Å². The first-order chi connectivity index (χ1) is 15.1. The van der Waals surface area contributed by atoms with Crippen molar-refractivity contribution >= 4 is 17.9 Å². The molecule has 0 aliphatic carbocycles. The predicted molar refractivity (Wildman–Crippen MR) is 121 cm³/mol. The average Bonchev–Trinajstić information content (AvgIpc) is 3.29. The number of amides is 1. The summed E-state index contributed by atoms with van der Waals surface area (Å²) >= 11 is 0. The molecule has 0 radical (unpaired) electrons. The smallest absolute Gasteiger partial charge is 0.318 e. The first kappa shape index (κ1) is 23.0. The number of nitrogens with zero attached hydrogens (tertiary/aromatic N) is 4. The van der Waals surface area contributed by atoms with Crippen LogP contribution >= 0.6 is 0 Å². The summed E-state index contributed by atoms with van der Waals surface area (Å²) in [5.41, 5.74) is 2.98. The fourth-order valence-electron chi connectivity index (χ4n) is 3.55. The molecule has 1 aliphatic heterocycles. The van der Waals surface area contributed by atoms with Crippen LogP contribution in [-0.4, -0.2) is 60.7 Å². The van der Waals surface area contributed by atoms with Gasteiger partial charge in [-0.1, -0.05) is 24.3 Å². The number of aromatic nitrogens is 2. The van der Waals surface area contributed by atoms with Gasteiger partial charge in [0.25, 0.3) is 0 Å². The number of likely N-dealkylation sites (tertiary alicyclic amines) is 1. The Morgan fingerprint density at radius 1 is 1.16 bits per heavy atom. The second kappa shape index (κ2) is 11.6. The van der Waals surface area contributed by atoms with Crippen molar-refractivity contribution in [2.75, 3.05) is 43.6 Å². The lowest BCUT2D eigenvalue weighted by Crippen LogP contribution is -2.23. The molecule has 8 nitrogen and oxygen atoms in total. The molecule has 1 N–H and O–H groups in total. The summed E-state index contributed by atoms with van der Waals surface area (Å²) in [6.07, 6.45) is 5.12. The molecule has 0 atom stereocenters. The van der Waals surface area contributed by atoms with Crippen LogP contribution in [0.2, 0.25) is 0 Å². The fraction of sp³-hybridized carbons (Fsp3) is 0.522. The van der Waals surface area contributed by atoms with Crippen molar-refractivity contribution in [3.05, 3.63) is 41.6 Å². The maximum atomic E-state index is 11.9. The molecular formula is C23H33N5O3. The highest BCUT2D eigenvalue weighted by atomic mass is 16.5. The Bertz CT molecular complexity index is 822. The molecular weight excluding hydrogens is 394 g/mol. The number of carbonyl (C=O) groups excluding carboxylic acids is 1. The zero-order valence-corrected chi connectivity index (χ0v) is 18.7. The topological polar surface area (TPSA) is 79.8 Å². The molecule has 1 amide bonds. The van der Waals surface area contributed by atoms with Crippen LogP contribution in [0.15, 0.2) is 30.5 Å². The summed E-state index contributed by atoms with van der Waals surface area (Å²) in [6.45, 7) is 8.48. The number of carbonyl (C=O) groups is 1. The zero-order chi connectivity index (χ0) is 22.1. The van der Waals surface area contributed by atoms with Crippen LogP contribution in [-0.2, 0) is 22.6 Å². The van der Waals surface area contributed by atoms with Crippen molar-refractivity contribution in [2.24, 2.45) is 0 Å². The molecule has 8 heteroatoms. The molecule has 0 spiro atoms. The largest absolute Gasteiger partial charge is 0.461 e. The highest BCUT2D eigenvalue weighted by Gasteiger charge is 2.16. The van der Waals surface area contributed by atoms with Crippen molar-refractivity contribution < 1.29 is 14.3 Å². The summed E-state index contributed by atoms with van der Waals surface area (Å²) in [4.78, 5) is 24.6. The van der Waals surface area contributed by atoms with Crippen LogP contribution in [0.4, 0.5) is 11.5 Å². The summed E-state index contributed by atoms with van der Waals surface area (Å²) in [7, 11) is 1.77. The zero-order valence-electron chi connectivity index (χ0n) is 18.7. The molecule has 0 saturated carbocycles. The van der Waals surface area contributed by atoms with E-state index in [9.17, 15) is 4.79 Å². The highest BCUT2D eigenvalue weighted by Crippen LogP contribution is 2.25. The van der Waals surface area contributed by atoms with Crippen molar-refractivity contribution in [3.8, 4) is 6.01 Å². The third-order valence-electron chi connectivity index (χ3n) is 5.16. The van der Waals surface area contributed by atoms with E-state index in [0.717, 1.165) is 18.5 Å². The maximum absolute atomic E-state index is 11.9. The van der Waals surface area contributed by atoms with Crippen molar-refractivity contribution in [1.82, 2.24) is 14.9 Å². The van der Waals surface area contributed by atoms with Crippen LogP contribution in [0.1, 0.15) is 37.8 Å². The van der Waals surface area contributed by atoms with Gasteiger partial charge < -0.3 is 14.8 Å². The van der Waals surface area contributed by atoms with Crippen LogP contribution < -0.4 is 15.0 Å². The molecule has 168 valence electrons. The maximum Gasteiger partial charge on any atom is 0.318 e. The van der Waals surface area contributed by atoms with Crippen LogP contribution in [0.25, 0.3) is 0 Å². The number of benzene rings is 1. The number of hydrogen-bond acceptors (Lipinski definition) is 7. The lowest BCUT2D eigenvalue weighted by atomic mass is 10.1. The second-order valence-electron chi connectivity index (χ2n) is 7.94. The van der Waals surface area contributed by atoms with E-state index in [1.807, 2.05) is 13.8 Å². The van der Waals surface area contributed by atoms with E-state index >= 15 is 0 Å². The second-order valence-corrected chi connectivity index (χ2v) is 7.94. The number of hydrogen-bond donors (Lipinski definition) is 1. The summed E-state index contributed by atoms with van der Waals surface area (Å²) in [5, 5.41) is 3.04. The van der Waals surface area contributed by atoms with Crippen molar-refractivity contribution in [2.45, 2.75) is 45.9 Å². The molecule has 2 heterocycles. The Morgan fingerprint density at radius 2 is 1.87 bits per heavy atom. The number of anilines is 2. The van der Waals surface area contributed by atoms with Crippen LogP contribution in [0.5, 0.6) is 6.01 Å². The minimum atomic E-state index is 0.138. The molecule has 1 aromatic carbocycles. The van der Waals surface area contributed by atoms with Gasteiger partial charge in [0.05, 0.1) is 31.1 Å². The van der Waals surface area contributed by atoms with Gasteiger partial charge in [0, 0.05) is 13.6 Å². The monoisotopic (exact) mass is 427 g/mol. The van der Waals surface area contributed by atoms with E-state index in [1.165, 1.54) is 31.5 Å². The molecule has 0 bridgehead atoms. The van der Waals surface area contributed by atoms with Gasteiger partial charge in [-0.2, -0.15) is 4.98 Å². The lowest BCUT2D eigenvalue weighted by Gasteiger charge is -2.20. The predicted octanol–water partition coefficient (Wildman–Crippen LogP) is 3.08. The highest BCUT2D eigenvalue weighted by molar-refractivity contribution is 5.80. The Kier molecular flexibility index (Phi) is 8.61. The number of ether oxygens (including phenoxy) is 2. The van der Waals surface area contributed by atoms with Crippen LogP contribution in [0.3, 0.4) is 0 Å². The SMILES string of the molecule is CNc1cnc(OCCOC(C)C)nc1N(C=O)Cc1ccc(CN2CCCC2)cc1. The third-order valence-corrected chi connectivity index (χ3v) is 5.16. The minimum Gasteiger partial charge on any atom is -0.461 e. The van der Waals surface area contributed by atoms with Gasteiger partial charge in [0.1, 0.15) is 6.61 Å². The standard InChI is InChI=1S/C23H33N5O3/c1-18(2)30-12-13-31-23-25-14-21(24-3)22(26-23)28(17-29)16-20-8-6-19(7-9-20)15-27-10-4-5-11-27/h6-9,14,17-18,24H,4-5,10-13,15-16H2,1-3H3. The molecule has 0 unspecified atom stereocenters. The fourth-order valence-corrected chi connectivity index (χ4v) is 3.55. The van der Waals surface area contributed by atoms with Gasteiger partial charge >= 0.3 is 6.01 Å².